The van der Waals surface area contributed by atoms with Gasteiger partial charge in [-0.25, -0.2) is 14.3 Å². The first-order chi connectivity index (χ1) is 15.5. The minimum absolute atomic E-state index is 0.300. The predicted molar refractivity (Wildman–Crippen MR) is 119 cm³/mol. The summed E-state index contributed by atoms with van der Waals surface area (Å²) in [6.07, 6.45) is 1.38. The van der Waals surface area contributed by atoms with Crippen LogP contribution < -0.4 is 10.2 Å². The standard InChI is InChI=1S/C24H14FN3O3S/c25-19-11-4-3-10-18(19)22-26-13-20(32-22)21(29)27-14-6-5-7-15(12-14)28-23(30)16-8-1-2-9-17(16)24(28)31/h1-13H,(H,27,29). The van der Waals surface area contributed by atoms with Crippen molar-refractivity contribution in [1.82, 2.24) is 4.98 Å². The van der Waals surface area contributed by atoms with Crippen LogP contribution in [-0.2, 0) is 0 Å². The van der Waals surface area contributed by atoms with Crippen LogP contribution in [-0.4, -0.2) is 22.7 Å². The molecule has 0 radical (unpaired) electrons. The fraction of sp³-hybridized carbons (Fsp3) is 0. The van der Waals surface area contributed by atoms with Crippen LogP contribution in [0, 0.1) is 5.82 Å². The van der Waals surface area contributed by atoms with Crippen molar-refractivity contribution in [3.05, 3.63) is 101 Å². The number of hydrogen-bond acceptors (Lipinski definition) is 5. The third-order valence-corrected chi connectivity index (χ3v) is 6.02. The number of amides is 3. The van der Waals surface area contributed by atoms with E-state index in [9.17, 15) is 18.8 Å². The Bertz CT molecular complexity index is 1360. The topological polar surface area (TPSA) is 79.4 Å². The second kappa shape index (κ2) is 7.82. The van der Waals surface area contributed by atoms with E-state index in [1.165, 1.54) is 12.3 Å². The monoisotopic (exact) mass is 443 g/mol. The van der Waals surface area contributed by atoms with E-state index in [0.29, 0.717) is 37.9 Å². The molecule has 0 saturated heterocycles. The second-order valence-corrected chi connectivity index (χ2v) is 8.04. The van der Waals surface area contributed by atoms with E-state index in [1.54, 1.807) is 66.7 Å². The van der Waals surface area contributed by atoms with Gasteiger partial charge in [0.15, 0.2) is 0 Å². The smallest absolute Gasteiger partial charge is 0.267 e. The number of nitrogens with zero attached hydrogens (tertiary/aromatic N) is 2. The Morgan fingerprint density at radius 3 is 2.22 bits per heavy atom. The van der Waals surface area contributed by atoms with Gasteiger partial charge >= 0.3 is 0 Å². The summed E-state index contributed by atoms with van der Waals surface area (Å²) in [7, 11) is 0. The summed E-state index contributed by atoms with van der Waals surface area (Å²) in [5.74, 6) is -1.66. The van der Waals surface area contributed by atoms with E-state index < -0.39 is 23.5 Å². The molecule has 0 fully saturated rings. The number of nitrogens with one attached hydrogen (secondary N) is 1. The summed E-state index contributed by atoms with van der Waals surface area (Å²) in [4.78, 5) is 43.7. The number of carbonyl (C=O) groups excluding carboxylic acids is 3. The lowest BCUT2D eigenvalue weighted by Gasteiger charge is -2.15. The van der Waals surface area contributed by atoms with Crippen LogP contribution in [0.15, 0.2) is 79.0 Å². The van der Waals surface area contributed by atoms with Gasteiger partial charge in [-0.3, -0.25) is 14.4 Å². The molecule has 1 N–H and O–H groups in total. The van der Waals surface area contributed by atoms with Gasteiger partial charge in [-0.2, -0.15) is 0 Å². The minimum Gasteiger partial charge on any atom is -0.321 e. The number of halogens is 1. The number of carbonyl (C=O) groups is 3. The van der Waals surface area contributed by atoms with Gasteiger partial charge in [0.1, 0.15) is 15.7 Å². The first-order valence-electron chi connectivity index (χ1n) is 9.63. The van der Waals surface area contributed by atoms with Gasteiger partial charge in [0.25, 0.3) is 17.7 Å². The summed E-state index contributed by atoms with van der Waals surface area (Å²) < 4.78 is 14.0. The number of thiazole rings is 1. The Balaban J connectivity index is 1.37. The largest absolute Gasteiger partial charge is 0.321 e. The zero-order chi connectivity index (χ0) is 22.2. The molecule has 3 aromatic carbocycles. The molecule has 3 amide bonds. The zero-order valence-electron chi connectivity index (χ0n) is 16.4. The summed E-state index contributed by atoms with van der Waals surface area (Å²) in [5.41, 5.74) is 1.77. The molecule has 1 aliphatic rings. The van der Waals surface area contributed by atoms with Crippen LogP contribution in [0.2, 0.25) is 0 Å². The Morgan fingerprint density at radius 1 is 0.875 bits per heavy atom. The molecule has 0 saturated carbocycles. The van der Waals surface area contributed by atoms with Gasteiger partial charge in [0.2, 0.25) is 0 Å². The van der Waals surface area contributed by atoms with Gasteiger partial charge in [-0.05, 0) is 42.5 Å². The van der Waals surface area contributed by atoms with Crippen LogP contribution in [0.25, 0.3) is 10.6 Å². The molecule has 156 valence electrons. The Labute approximate surface area is 186 Å². The van der Waals surface area contributed by atoms with E-state index in [2.05, 4.69) is 10.3 Å². The third-order valence-electron chi connectivity index (χ3n) is 4.99. The van der Waals surface area contributed by atoms with E-state index in [4.69, 9.17) is 0 Å². The van der Waals surface area contributed by atoms with Gasteiger partial charge in [-0.1, -0.05) is 30.3 Å². The molecule has 2 heterocycles. The molecule has 5 rings (SSSR count). The van der Waals surface area contributed by atoms with Crippen LogP contribution >= 0.6 is 11.3 Å². The van der Waals surface area contributed by atoms with Crippen molar-refractivity contribution in [3.8, 4) is 10.6 Å². The molecule has 6 nitrogen and oxygen atoms in total. The maximum Gasteiger partial charge on any atom is 0.267 e. The number of aromatic nitrogens is 1. The van der Waals surface area contributed by atoms with Crippen molar-refractivity contribution in [2.75, 3.05) is 10.2 Å². The molecule has 32 heavy (non-hydrogen) atoms. The van der Waals surface area contributed by atoms with Gasteiger partial charge in [-0.15, -0.1) is 11.3 Å². The highest BCUT2D eigenvalue weighted by Gasteiger charge is 2.36. The first-order valence-corrected chi connectivity index (χ1v) is 10.4. The summed E-state index contributed by atoms with van der Waals surface area (Å²) in [5, 5.41) is 3.14. The van der Waals surface area contributed by atoms with Crippen LogP contribution in [0.3, 0.4) is 0 Å². The summed E-state index contributed by atoms with van der Waals surface area (Å²) in [6.45, 7) is 0. The predicted octanol–water partition coefficient (Wildman–Crippen LogP) is 5.00. The normalized spacial score (nSPS) is 12.7. The molecule has 0 unspecified atom stereocenters. The van der Waals surface area contributed by atoms with Gasteiger partial charge < -0.3 is 5.32 Å². The Hall–Kier alpha value is -4.17. The Morgan fingerprint density at radius 2 is 1.53 bits per heavy atom. The highest BCUT2D eigenvalue weighted by Crippen LogP contribution is 2.31. The molecule has 8 heteroatoms. The van der Waals surface area contributed by atoms with Crippen LogP contribution in [0.4, 0.5) is 15.8 Å². The van der Waals surface area contributed by atoms with Crippen LogP contribution in [0.1, 0.15) is 30.4 Å². The molecular weight excluding hydrogens is 429 g/mol. The van der Waals surface area contributed by atoms with Crippen LogP contribution in [0.5, 0.6) is 0 Å². The molecule has 0 spiro atoms. The first kappa shape index (κ1) is 19.8. The van der Waals surface area contributed by atoms with Crippen molar-refractivity contribution in [2.45, 2.75) is 0 Å². The van der Waals surface area contributed by atoms with Crippen molar-refractivity contribution in [1.29, 1.82) is 0 Å². The van der Waals surface area contributed by atoms with E-state index in [0.717, 1.165) is 16.2 Å². The SMILES string of the molecule is O=C(Nc1cccc(N2C(=O)c3ccccc3C2=O)c1)c1cnc(-c2ccccc2F)s1. The zero-order valence-corrected chi connectivity index (χ0v) is 17.2. The average Bonchev–Trinajstić information content (AvgIpc) is 3.38. The molecular formula is C24H14FN3O3S. The highest BCUT2D eigenvalue weighted by atomic mass is 32.1. The summed E-state index contributed by atoms with van der Waals surface area (Å²) in [6, 6.07) is 19.3. The number of benzene rings is 3. The second-order valence-electron chi connectivity index (χ2n) is 7.01. The molecule has 0 aliphatic carbocycles. The maximum absolute atomic E-state index is 14.0. The Kier molecular flexibility index (Phi) is 4.84. The number of fused-ring (bicyclic) bond motifs is 1. The quantitative estimate of drug-likeness (QED) is 0.450. The van der Waals surface area contributed by atoms with Crippen molar-refractivity contribution < 1.29 is 18.8 Å². The lowest BCUT2D eigenvalue weighted by atomic mass is 10.1. The molecule has 4 aromatic rings. The number of anilines is 2. The molecule has 1 aliphatic heterocycles. The fourth-order valence-electron chi connectivity index (χ4n) is 3.48. The third kappa shape index (κ3) is 3.36. The average molecular weight is 443 g/mol. The fourth-order valence-corrected chi connectivity index (χ4v) is 4.32. The minimum atomic E-state index is -0.426. The highest BCUT2D eigenvalue weighted by molar-refractivity contribution is 7.17. The van der Waals surface area contributed by atoms with Gasteiger partial charge in [0.05, 0.1) is 23.0 Å². The lowest BCUT2D eigenvalue weighted by molar-refractivity contribution is 0.0925. The van der Waals surface area contributed by atoms with E-state index in [-0.39, 0.29) is 0 Å². The van der Waals surface area contributed by atoms with Crippen molar-refractivity contribution in [2.24, 2.45) is 0 Å². The molecule has 1 aromatic heterocycles. The summed E-state index contributed by atoms with van der Waals surface area (Å²) >= 11 is 1.07. The maximum atomic E-state index is 14.0. The number of rotatable bonds is 4. The lowest BCUT2D eigenvalue weighted by Crippen LogP contribution is -2.29. The van der Waals surface area contributed by atoms with E-state index in [1.807, 2.05) is 0 Å². The van der Waals surface area contributed by atoms with Crippen molar-refractivity contribution >= 4 is 40.4 Å². The van der Waals surface area contributed by atoms with E-state index >= 15 is 0 Å². The van der Waals surface area contributed by atoms with Crippen molar-refractivity contribution in [3.63, 3.8) is 0 Å². The molecule has 0 atom stereocenters. The number of hydrogen-bond donors (Lipinski definition) is 1. The van der Waals surface area contributed by atoms with Gasteiger partial charge in [0, 0.05) is 11.3 Å². The number of imide groups is 1. The molecule has 0 bridgehead atoms.